The quantitative estimate of drug-likeness (QED) is 0.400. The van der Waals surface area contributed by atoms with Gasteiger partial charge in [0.1, 0.15) is 6.04 Å². The average Bonchev–Trinajstić information content (AvgIpc) is 2.80. The molecule has 0 heterocycles. The van der Waals surface area contributed by atoms with Gasteiger partial charge in [0.2, 0.25) is 21.8 Å². The fraction of sp³-hybridized carbons (Fsp3) is 0.481. The van der Waals surface area contributed by atoms with Crippen LogP contribution in [0.2, 0.25) is 5.02 Å². The number of benzene rings is 2. The van der Waals surface area contributed by atoms with Gasteiger partial charge >= 0.3 is 0 Å². The molecule has 2 rings (SSSR count). The summed E-state index contributed by atoms with van der Waals surface area (Å²) in [6, 6.07) is 13.8. The van der Waals surface area contributed by atoms with Gasteiger partial charge in [0.25, 0.3) is 0 Å². The van der Waals surface area contributed by atoms with E-state index in [2.05, 4.69) is 5.32 Å². The molecule has 0 saturated heterocycles. The van der Waals surface area contributed by atoms with Crippen molar-refractivity contribution in [3.63, 3.8) is 0 Å². The largest absolute Gasteiger partial charge is 0.354 e. The maximum absolute atomic E-state index is 13.4. The Morgan fingerprint density at radius 1 is 1.08 bits per heavy atom. The first-order valence-electron chi connectivity index (χ1n) is 12.3. The molecule has 0 aliphatic rings. The minimum Gasteiger partial charge on any atom is -0.354 e. The molecule has 9 heteroatoms. The monoisotopic (exact) mass is 535 g/mol. The predicted octanol–water partition coefficient (Wildman–Crippen LogP) is 4.77. The number of sulfonamides is 1. The summed E-state index contributed by atoms with van der Waals surface area (Å²) < 4.78 is 26.2. The second kappa shape index (κ2) is 13.7. The van der Waals surface area contributed by atoms with Crippen molar-refractivity contribution < 1.29 is 18.0 Å². The van der Waals surface area contributed by atoms with Gasteiger partial charge in [-0.05, 0) is 61.1 Å². The molecule has 0 radical (unpaired) electrons. The lowest BCUT2D eigenvalue weighted by molar-refractivity contribution is -0.141. The van der Waals surface area contributed by atoms with Gasteiger partial charge in [-0.3, -0.25) is 13.9 Å². The van der Waals surface area contributed by atoms with Crippen LogP contribution in [0.3, 0.4) is 0 Å². The molecule has 0 spiro atoms. The van der Waals surface area contributed by atoms with Crippen molar-refractivity contribution in [3.8, 4) is 0 Å². The Labute approximate surface area is 220 Å². The zero-order chi connectivity index (χ0) is 26.9. The first-order chi connectivity index (χ1) is 16.9. The number of aryl methyl sites for hydroxylation is 1. The molecular formula is C27H38ClN3O4S. The zero-order valence-electron chi connectivity index (χ0n) is 21.8. The number of carbonyl (C=O) groups excluding carboxylic acids is 2. The number of nitrogens with zero attached hydrogens (tertiary/aromatic N) is 2. The topological polar surface area (TPSA) is 86.8 Å². The molecular weight excluding hydrogens is 498 g/mol. The summed E-state index contributed by atoms with van der Waals surface area (Å²) in [6.07, 6.45) is 2.05. The summed E-state index contributed by atoms with van der Waals surface area (Å²) in [5.74, 6) is -0.101. The SMILES string of the molecule is CC[C@@H](C(=O)NCC(C)C)N(Cc1ccc(Cl)cc1)C(=O)CCCN(c1cccc(C)c1)S(C)(=O)=O. The smallest absolute Gasteiger partial charge is 0.242 e. The van der Waals surface area contributed by atoms with E-state index < -0.39 is 16.1 Å². The van der Waals surface area contributed by atoms with Gasteiger partial charge in [0.15, 0.2) is 0 Å². The molecule has 36 heavy (non-hydrogen) atoms. The summed E-state index contributed by atoms with van der Waals surface area (Å²) in [7, 11) is -3.52. The third-order valence-electron chi connectivity index (χ3n) is 5.78. The van der Waals surface area contributed by atoms with Crippen LogP contribution >= 0.6 is 11.6 Å². The summed E-state index contributed by atoms with van der Waals surface area (Å²) in [5, 5.41) is 3.54. The number of rotatable bonds is 13. The normalized spacial score (nSPS) is 12.3. The van der Waals surface area contributed by atoms with Gasteiger partial charge in [0, 0.05) is 31.1 Å². The lowest BCUT2D eigenvalue weighted by atomic mass is 10.1. The van der Waals surface area contributed by atoms with E-state index in [4.69, 9.17) is 11.6 Å². The Balaban J connectivity index is 2.20. The first-order valence-corrected chi connectivity index (χ1v) is 14.5. The average molecular weight is 536 g/mol. The molecule has 2 amide bonds. The number of amides is 2. The minimum absolute atomic E-state index is 0.111. The fourth-order valence-electron chi connectivity index (χ4n) is 3.92. The van der Waals surface area contributed by atoms with E-state index >= 15 is 0 Å². The highest BCUT2D eigenvalue weighted by Crippen LogP contribution is 2.21. The highest BCUT2D eigenvalue weighted by Gasteiger charge is 2.29. The Kier molecular flexibility index (Phi) is 11.2. The number of hydrogen-bond acceptors (Lipinski definition) is 4. The second-order valence-corrected chi connectivity index (χ2v) is 11.8. The molecule has 0 saturated carbocycles. The lowest BCUT2D eigenvalue weighted by Gasteiger charge is -2.31. The van der Waals surface area contributed by atoms with Crippen molar-refractivity contribution in [2.75, 3.05) is 23.7 Å². The van der Waals surface area contributed by atoms with Crippen LogP contribution in [0.5, 0.6) is 0 Å². The molecule has 198 valence electrons. The van der Waals surface area contributed by atoms with Crippen LogP contribution in [0, 0.1) is 12.8 Å². The molecule has 2 aromatic rings. The van der Waals surface area contributed by atoms with Gasteiger partial charge < -0.3 is 10.2 Å². The standard InChI is InChI=1S/C27H38ClN3O4S/c1-6-25(27(33)29-18-20(2)3)30(19-22-12-14-23(28)15-13-22)26(32)11-8-16-31(36(5,34)35)24-10-7-9-21(4)17-24/h7,9-10,12-15,17,20,25H,6,8,11,16,18-19H2,1-5H3,(H,29,33)/t25-/m0/s1. The van der Waals surface area contributed by atoms with Crippen molar-refractivity contribution in [2.45, 2.75) is 59.5 Å². The molecule has 7 nitrogen and oxygen atoms in total. The zero-order valence-corrected chi connectivity index (χ0v) is 23.4. The molecule has 0 fully saturated rings. The lowest BCUT2D eigenvalue weighted by Crippen LogP contribution is -2.49. The molecule has 0 unspecified atom stereocenters. The van der Waals surface area contributed by atoms with Crippen molar-refractivity contribution >= 4 is 39.1 Å². The van der Waals surface area contributed by atoms with E-state index in [1.165, 1.54) is 4.31 Å². The van der Waals surface area contributed by atoms with Crippen molar-refractivity contribution in [1.29, 1.82) is 0 Å². The van der Waals surface area contributed by atoms with Crippen LogP contribution in [0.25, 0.3) is 0 Å². The van der Waals surface area contributed by atoms with E-state index in [0.717, 1.165) is 17.4 Å². The van der Waals surface area contributed by atoms with Crippen molar-refractivity contribution in [3.05, 3.63) is 64.7 Å². The molecule has 1 atom stereocenters. The number of nitrogens with one attached hydrogen (secondary N) is 1. The van der Waals surface area contributed by atoms with E-state index in [-0.39, 0.29) is 37.2 Å². The van der Waals surface area contributed by atoms with Gasteiger partial charge in [-0.25, -0.2) is 8.42 Å². The second-order valence-electron chi connectivity index (χ2n) is 9.49. The van der Waals surface area contributed by atoms with Crippen LogP contribution in [-0.2, 0) is 26.2 Å². The number of anilines is 1. The summed E-state index contributed by atoms with van der Waals surface area (Å²) >= 11 is 6.02. The van der Waals surface area contributed by atoms with Gasteiger partial charge in [-0.15, -0.1) is 0 Å². The Hall–Kier alpha value is -2.58. The number of hydrogen-bond donors (Lipinski definition) is 1. The predicted molar refractivity (Wildman–Crippen MR) is 147 cm³/mol. The number of carbonyl (C=O) groups is 2. The van der Waals surface area contributed by atoms with E-state index in [1.807, 2.05) is 58.0 Å². The minimum atomic E-state index is -3.52. The highest BCUT2D eigenvalue weighted by atomic mass is 35.5. The Bertz CT molecular complexity index is 1120. The third kappa shape index (κ3) is 9.13. The maximum Gasteiger partial charge on any atom is 0.242 e. The van der Waals surface area contributed by atoms with E-state index in [9.17, 15) is 18.0 Å². The maximum atomic E-state index is 13.4. The van der Waals surface area contributed by atoms with Crippen molar-refractivity contribution in [1.82, 2.24) is 10.2 Å². The van der Waals surface area contributed by atoms with Crippen LogP contribution in [0.15, 0.2) is 48.5 Å². The van der Waals surface area contributed by atoms with Gasteiger partial charge in [-0.2, -0.15) is 0 Å². The molecule has 2 aromatic carbocycles. The molecule has 0 aliphatic heterocycles. The highest BCUT2D eigenvalue weighted by molar-refractivity contribution is 7.92. The van der Waals surface area contributed by atoms with E-state index in [1.54, 1.807) is 23.1 Å². The first kappa shape index (κ1) is 29.6. The summed E-state index contributed by atoms with van der Waals surface area (Å²) in [6.45, 7) is 8.76. The Morgan fingerprint density at radius 3 is 2.31 bits per heavy atom. The Morgan fingerprint density at radius 2 is 1.75 bits per heavy atom. The van der Waals surface area contributed by atoms with Gasteiger partial charge in [0.05, 0.1) is 11.9 Å². The summed E-state index contributed by atoms with van der Waals surface area (Å²) in [5.41, 5.74) is 2.38. The van der Waals surface area contributed by atoms with Crippen LogP contribution in [0.1, 0.15) is 51.2 Å². The molecule has 0 aliphatic carbocycles. The van der Waals surface area contributed by atoms with Crippen LogP contribution in [-0.4, -0.2) is 50.5 Å². The molecule has 0 aromatic heterocycles. The summed E-state index contributed by atoms with van der Waals surface area (Å²) in [4.78, 5) is 28.0. The van der Waals surface area contributed by atoms with E-state index in [0.29, 0.717) is 30.1 Å². The molecule has 0 bridgehead atoms. The number of halogens is 1. The van der Waals surface area contributed by atoms with Crippen LogP contribution < -0.4 is 9.62 Å². The van der Waals surface area contributed by atoms with Crippen LogP contribution in [0.4, 0.5) is 5.69 Å². The third-order valence-corrected chi connectivity index (χ3v) is 7.22. The fourth-order valence-corrected chi connectivity index (χ4v) is 5.00. The molecule has 1 N–H and O–H groups in total. The van der Waals surface area contributed by atoms with Crippen molar-refractivity contribution in [2.24, 2.45) is 5.92 Å². The van der Waals surface area contributed by atoms with Gasteiger partial charge in [-0.1, -0.05) is 56.6 Å².